The van der Waals surface area contributed by atoms with Crippen LogP contribution in [0.25, 0.3) is 11.4 Å². The number of amides is 2. The Morgan fingerprint density at radius 3 is 2.50 bits per heavy atom. The third kappa shape index (κ3) is 3.95. The standard InChI is InChI=1S/C25H18N4O5/c1-15(22-27-21(28-34-22)18-8-5-11-26-13-18)33-25(32)17-7-4-6-16(12-17)14-29-23(30)19-9-2-3-10-20(19)24(29)31/h2-13,15H,14H2,1H3. The highest BCUT2D eigenvalue weighted by Crippen LogP contribution is 2.25. The molecule has 2 amide bonds. The molecule has 2 aromatic carbocycles. The minimum atomic E-state index is -0.787. The van der Waals surface area contributed by atoms with Gasteiger partial charge in [0.1, 0.15) is 0 Å². The van der Waals surface area contributed by atoms with Crippen molar-refractivity contribution in [3.63, 3.8) is 0 Å². The highest BCUT2D eigenvalue weighted by Gasteiger charge is 2.35. The van der Waals surface area contributed by atoms with Crippen LogP contribution in [0.2, 0.25) is 0 Å². The molecule has 0 bridgehead atoms. The molecule has 0 saturated carbocycles. The van der Waals surface area contributed by atoms with Crippen molar-refractivity contribution in [3.8, 4) is 11.4 Å². The average molecular weight is 454 g/mol. The molecule has 0 saturated heterocycles. The zero-order chi connectivity index (χ0) is 23.7. The Kier molecular flexibility index (Phi) is 5.43. The van der Waals surface area contributed by atoms with Crippen LogP contribution in [0.5, 0.6) is 0 Å². The van der Waals surface area contributed by atoms with Crippen molar-refractivity contribution in [1.29, 1.82) is 0 Å². The number of benzene rings is 2. The average Bonchev–Trinajstić information content (AvgIpc) is 3.45. The van der Waals surface area contributed by atoms with Crippen molar-refractivity contribution in [2.75, 3.05) is 0 Å². The number of rotatable bonds is 6. The quantitative estimate of drug-likeness (QED) is 0.319. The second-order valence-corrected chi connectivity index (χ2v) is 7.69. The molecule has 1 unspecified atom stereocenters. The van der Waals surface area contributed by atoms with Gasteiger partial charge in [-0.05, 0) is 48.9 Å². The Balaban J connectivity index is 1.27. The lowest BCUT2D eigenvalue weighted by atomic mass is 10.1. The molecule has 0 radical (unpaired) electrons. The summed E-state index contributed by atoms with van der Waals surface area (Å²) >= 11 is 0. The summed E-state index contributed by atoms with van der Waals surface area (Å²) in [5, 5.41) is 3.90. The van der Waals surface area contributed by atoms with Crippen LogP contribution in [0.3, 0.4) is 0 Å². The largest absolute Gasteiger partial charge is 0.449 e. The van der Waals surface area contributed by atoms with Crippen molar-refractivity contribution < 1.29 is 23.6 Å². The summed E-state index contributed by atoms with van der Waals surface area (Å²) < 4.78 is 10.7. The number of imide groups is 1. The number of hydrogen-bond donors (Lipinski definition) is 0. The second-order valence-electron chi connectivity index (χ2n) is 7.69. The number of hydrogen-bond acceptors (Lipinski definition) is 8. The minimum Gasteiger partial charge on any atom is -0.449 e. The molecule has 3 heterocycles. The van der Waals surface area contributed by atoms with Crippen molar-refractivity contribution >= 4 is 17.8 Å². The van der Waals surface area contributed by atoms with Gasteiger partial charge in [0.2, 0.25) is 5.82 Å². The predicted molar refractivity (Wildman–Crippen MR) is 118 cm³/mol. The second kappa shape index (κ2) is 8.70. The SMILES string of the molecule is CC(OC(=O)c1cccc(CN2C(=O)c3ccccc3C2=O)c1)c1nc(-c2cccnc2)no1. The van der Waals surface area contributed by atoms with E-state index < -0.39 is 12.1 Å². The van der Waals surface area contributed by atoms with Gasteiger partial charge in [0.15, 0.2) is 6.10 Å². The van der Waals surface area contributed by atoms with Crippen LogP contribution in [0.15, 0.2) is 77.6 Å². The lowest BCUT2D eigenvalue weighted by Crippen LogP contribution is -2.29. The van der Waals surface area contributed by atoms with Gasteiger partial charge >= 0.3 is 5.97 Å². The molecular formula is C25H18N4O5. The van der Waals surface area contributed by atoms with E-state index >= 15 is 0 Å². The van der Waals surface area contributed by atoms with Gasteiger partial charge in [-0.15, -0.1) is 0 Å². The highest BCUT2D eigenvalue weighted by atomic mass is 16.6. The van der Waals surface area contributed by atoms with Crippen LogP contribution in [-0.2, 0) is 11.3 Å². The molecule has 9 nitrogen and oxygen atoms in total. The number of nitrogens with zero attached hydrogens (tertiary/aromatic N) is 4. The van der Waals surface area contributed by atoms with Crippen LogP contribution in [0.4, 0.5) is 0 Å². The van der Waals surface area contributed by atoms with Crippen molar-refractivity contribution in [2.24, 2.45) is 0 Å². The minimum absolute atomic E-state index is 0.0428. The number of carbonyl (C=O) groups is 3. The molecule has 0 spiro atoms. The first-order valence-electron chi connectivity index (χ1n) is 10.5. The van der Waals surface area contributed by atoms with E-state index in [-0.39, 0.29) is 29.8 Å². The van der Waals surface area contributed by atoms with Crippen LogP contribution >= 0.6 is 0 Å². The van der Waals surface area contributed by atoms with Crippen LogP contribution < -0.4 is 0 Å². The van der Waals surface area contributed by atoms with Crippen molar-refractivity contribution in [1.82, 2.24) is 20.0 Å². The van der Waals surface area contributed by atoms with Crippen LogP contribution in [-0.4, -0.2) is 37.8 Å². The summed E-state index contributed by atoms with van der Waals surface area (Å²) in [7, 11) is 0. The maximum absolute atomic E-state index is 12.7. The van der Waals surface area contributed by atoms with E-state index in [1.165, 1.54) is 0 Å². The maximum Gasteiger partial charge on any atom is 0.338 e. The molecule has 1 aliphatic rings. The van der Waals surface area contributed by atoms with Gasteiger partial charge in [0.25, 0.3) is 17.7 Å². The lowest BCUT2D eigenvalue weighted by Gasteiger charge is -2.15. The predicted octanol–water partition coefficient (Wildman–Crippen LogP) is 3.85. The number of ether oxygens (including phenoxy) is 1. The zero-order valence-corrected chi connectivity index (χ0v) is 18.0. The third-order valence-corrected chi connectivity index (χ3v) is 5.37. The highest BCUT2D eigenvalue weighted by molar-refractivity contribution is 6.21. The monoisotopic (exact) mass is 454 g/mol. The molecule has 0 fully saturated rings. The number of aromatic nitrogens is 3. The Bertz CT molecular complexity index is 1360. The summed E-state index contributed by atoms with van der Waals surface area (Å²) in [5.74, 6) is -0.827. The molecule has 9 heteroatoms. The summed E-state index contributed by atoms with van der Waals surface area (Å²) in [6.07, 6.45) is 2.45. The number of esters is 1. The van der Waals surface area contributed by atoms with E-state index in [0.29, 0.717) is 28.1 Å². The topological polar surface area (TPSA) is 115 Å². The molecule has 2 aromatic heterocycles. The third-order valence-electron chi connectivity index (χ3n) is 5.37. The van der Waals surface area contributed by atoms with Gasteiger partial charge in [-0.25, -0.2) is 4.79 Å². The Labute approximate surface area is 194 Å². The Morgan fingerprint density at radius 1 is 1.03 bits per heavy atom. The van der Waals surface area contributed by atoms with E-state index in [9.17, 15) is 14.4 Å². The molecule has 1 atom stereocenters. The Morgan fingerprint density at radius 2 is 1.79 bits per heavy atom. The van der Waals surface area contributed by atoms with E-state index in [1.54, 1.807) is 80.0 Å². The Hall–Kier alpha value is -4.66. The van der Waals surface area contributed by atoms with E-state index in [0.717, 1.165) is 4.90 Å². The summed E-state index contributed by atoms with van der Waals surface area (Å²) in [4.78, 5) is 47.4. The fourth-order valence-electron chi connectivity index (χ4n) is 3.65. The van der Waals surface area contributed by atoms with Crippen molar-refractivity contribution in [2.45, 2.75) is 19.6 Å². The lowest BCUT2D eigenvalue weighted by molar-refractivity contribution is 0.0265. The van der Waals surface area contributed by atoms with Gasteiger partial charge in [-0.1, -0.05) is 29.4 Å². The fourth-order valence-corrected chi connectivity index (χ4v) is 3.65. The molecular weight excluding hydrogens is 436 g/mol. The van der Waals surface area contributed by atoms with Gasteiger partial charge in [-0.3, -0.25) is 19.5 Å². The summed E-state index contributed by atoms with van der Waals surface area (Å²) in [6.45, 7) is 1.67. The summed E-state index contributed by atoms with van der Waals surface area (Å²) in [5.41, 5.74) is 2.32. The number of pyridine rings is 1. The van der Waals surface area contributed by atoms with Crippen LogP contribution in [0, 0.1) is 0 Å². The fraction of sp³-hybridized carbons (Fsp3) is 0.120. The normalized spacial score (nSPS) is 13.6. The van der Waals surface area contributed by atoms with Crippen LogP contribution in [0.1, 0.15) is 55.6 Å². The van der Waals surface area contributed by atoms with Gasteiger partial charge in [-0.2, -0.15) is 4.98 Å². The molecule has 34 heavy (non-hydrogen) atoms. The molecule has 168 valence electrons. The molecule has 1 aliphatic heterocycles. The number of fused-ring (bicyclic) bond motifs is 1. The van der Waals surface area contributed by atoms with Gasteiger partial charge in [0, 0.05) is 18.0 Å². The first kappa shape index (κ1) is 21.2. The van der Waals surface area contributed by atoms with Crippen molar-refractivity contribution in [3.05, 3.63) is 101 Å². The first-order chi connectivity index (χ1) is 16.5. The molecule has 5 rings (SSSR count). The summed E-state index contributed by atoms with van der Waals surface area (Å²) in [6, 6.07) is 16.8. The molecule has 0 aliphatic carbocycles. The van der Waals surface area contributed by atoms with E-state index in [1.807, 2.05) is 0 Å². The molecule has 4 aromatic rings. The van der Waals surface area contributed by atoms with E-state index in [4.69, 9.17) is 9.26 Å². The number of carbonyl (C=O) groups excluding carboxylic acids is 3. The maximum atomic E-state index is 12.7. The molecule has 0 N–H and O–H groups in total. The zero-order valence-electron chi connectivity index (χ0n) is 18.0. The van der Waals surface area contributed by atoms with Gasteiger partial charge in [0.05, 0.1) is 23.2 Å². The first-order valence-corrected chi connectivity index (χ1v) is 10.5. The smallest absolute Gasteiger partial charge is 0.338 e. The van der Waals surface area contributed by atoms with E-state index in [2.05, 4.69) is 15.1 Å². The van der Waals surface area contributed by atoms with Gasteiger partial charge < -0.3 is 9.26 Å².